The number of allylic oxidation sites excluding steroid dienone is 4. The van der Waals surface area contributed by atoms with Crippen LogP contribution in [0.25, 0.3) is 0 Å². The summed E-state index contributed by atoms with van der Waals surface area (Å²) < 4.78 is 22.9. The zero-order valence-corrected chi connectivity index (χ0v) is 25.2. The van der Waals surface area contributed by atoms with Gasteiger partial charge in [0.1, 0.15) is 23.0 Å². The molecule has 4 rings (SSSR count). The second kappa shape index (κ2) is 16.7. The number of carbonyl (C=O) groups excluding carboxylic acids is 2. The highest BCUT2D eigenvalue weighted by atomic mass is 16.7. The minimum atomic E-state index is -0.273. The summed E-state index contributed by atoms with van der Waals surface area (Å²) in [7, 11) is 0. The first-order chi connectivity index (χ1) is 20.2. The number of benzene rings is 2. The van der Waals surface area contributed by atoms with Crippen molar-refractivity contribution >= 4 is 12.6 Å². The van der Waals surface area contributed by atoms with E-state index in [2.05, 4.69) is 0 Å². The Hall–Kier alpha value is -3.62. The third-order valence-electron chi connectivity index (χ3n) is 7.02. The highest BCUT2D eigenvalue weighted by Gasteiger charge is 2.21. The van der Waals surface area contributed by atoms with Crippen molar-refractivity contribution in [2.45, 2.75) is 91.6 Å². The molecule has 0 bridgehead atoms. The predicted octanol–water partition coefficient (Wildman–Crippen LogP) is 7.24. The van der Waals surface area contributed by atoms with Gasteiger partial charge in [-0.1, -0.05) is 23.3 Å². The molecular weight excluding hydrogens is 536 g/mol. The lowest BCUT2D eigenvalue weighted by Gasteiger charge is -2.25. The molecule has 8 nitrogen and oxygen atoms in total. The number of hydrogen-bond donors (Lipinski definition) is 2. The van der Waals surface area contributed by atoms with Crippen LogP contribution >= 0.6 is 0 Å². The van der Waals surface area contributed by atoms with Crippen LogP contribution in [0.5, 0.6) is 23.0 Å². The normalized spacial score (nSPS) is 18.1. The molecule has 2 heterocycles. The maximum atomic E-state index is 11.0. The van der Waals surface area contributed by atoms with Crippen LogP contribution in [0, 0.1) is 0 Å². The lowest BCUT2D eigenvalue weighted by molar-refractivity contribution is -0.106. The molecule has 2 aliphatic heterocycles. The molecule has 0 radical (unpaired) electrons. The van der Waals surface area contributed by atoms with Gasteiger partial charge in [0, 0.05) is 24.0 Å². The van der Waals surface area contributed by atoms with E-state index in [1.807, 2.05) is 39.8 Å². The van der Waals surface area contributed by atoms with Crippen molar-refractivity contribution in [3.05, 3.63) is 69.8 Å². The van der Waals surface area contributed by atoms with E-state index in [1.54, 1.807) is 24.3 Å². The van der Waals surface area contributed by atoms with E-state index in [0.717, 1.165) is 49.7 Å². The van der Waals surface area contributed by atoms with Gasteiger partial charge < -0.3 is 29.2 Å². The average Bonchev–Trinajstić information content (AvgIpc) is 2.98. The molecule has 0 amide bonds. The standard InChI is InChI=1S/2C17H22O4/c2*1-12(2)6-8-14-15(9-7-13(11-18)17(14)19)21-16-5-3-4-10-20-16/h2*6-7,9,11,16,19H,3-5,8,10H2,1-2H3. The van der Waals surface area contributed by atoms with Gasteiger partial charge in [-0.2, -0.15) is 0 Å². The van der Waals surface area contributed by atoms with Gasteiger partial charge in [-0.25, -0.2) is 0 Å². The molecule has 2 aromatic rings. The Bertz CT molecular complexity index is 1150. The summed E-state index contributed by atoms with van der Waals surface area (Å²) in [4.78, 5) is 22.0. The molecule has 228 valence electrons. The van der Waals surface area contributed by atoms with Crippen LogP contribution in [0.2, 0.25) is 0 Å². The maximum absolute atomic E-state index is 11.0. The molecule has 0 spiro atoms. The Morgan fingerprint density at radius 2 is 1.12 bits per heavy atom. The molecule has 2 aliphatic rings. The fourth-order valence-corrected chi connectivity index (χ4v) is 4.58. The molecule has 2 saturated heterocycles. The molecule has 42 heavy (non-hydrogen) atoms. The van der Waals surface area contributed by atoms with E-state index in [0.29, 0.717) is 61.3 Å². The van der Waals surface area contributed by atoms with Gasteiger partial charge >= 0.3 is 0 Å². The molecule has 2 fully saturated rings. The Morgan fingerprint density at radius 1 is 0.714 bits per heavy atom. The van der Waals surface area contributed by atoms with Crippen molar-refractivity contribution in [3.63, 3.8) is 0 Å². The maximum Gasteiger partial charge on any atom is 0.199 e. The van der Waals surface area contributed by atoms with Crippen molar-refractivity contribution in [2.75, 3.05) is 13.2 Å². The second-order valence-electron chi connectivity index (χ2n) is 11.0. The molecule has 0 aliphatic carbocycles. The number of hydrogen-bond acceptors (Lipinski definition) is 8. The Morgan fingerprint density at radius 3 is 1.43 bits per heavy atom. The number of carbonyl (C=O) groups is 2. The second-order valence-corrected chi connectivity index (χ2v) is 11.0. The minimum absolute atomic E-state index is 0.00388. The Balaban J connectivity index is 0.000000230. The lowest BCUT2D eigenvalue weighted by atomic mass is 10.0. The van der Waals surface area contributed by atoms with Crippen LogP contribution in [0.15, 0.2) is 47.6 Å². The van der Waals surface area contributed by atoms with Gasteiger partial charge in [0.15, 0.2) is 25.2 Å². The van der Waals surface area contributed by atoms with Gasteiger partial charge in [0.25, 0.3) is 0 Å². The smallest absolute Gasteiger partial charge is 0.199 e. The fourth-order valence-electron chi connectivity index (χ4n) is 4.58. The zero-order chi connectivity index (χ0) is 30.5. The van der Waals surface area contributed by atoms with Crippen LogP contribution in [0.4, 0.5) is 0 Å². The summed E-state index contributed by atoms with van der Waals surface area (Å²) in [5.74, 6) is 1.16. The minimum Gasteiger partial charge on any atom is -0.507 e. The molecule has 2 atom stereocenters. The average molecular weight is 581 g/mol. The summed E-state index contributed by atoms with van der Waals surface area (Å²) in [5.41, 5.74) is 4.12. The van der Waals surface area contributed by atoms with Gasteiger partial charge in [-0.15, -0.1) is 0 Å². The third kappa shape index (κ3) is 9.74. The Labute approximate surface area is 248 Å². The molecule has 0 aromatic heterocycles. The first-order valence-corrected chi connectivity index (χ1v) is 14.7. The fraction of sp³-hybridized carbons (Fsp3) is 0.471. The number of phenols is 2. The summed E-state index contributed by atoms with van der Waals surface area (Å²) >= 11 is 0. The monoisotopic (exact) mass is 580 g/mol. The SMILES string of the molecule is CC(C)=CCc1c(OC2CCCCO2)ccc(C=O)c1O.CC(C)=CCc1c(OC2CCCCO2)ccc(C=O)c1O. The summed E-state index contributed by atoms with van der Waals surface area (Å²) in [6.07, 6.45) is 11.8. The zero-order valence-electron chi connectivity index (χ0n) is 25.2. The van der Waals surface area contributed by atoms with E-state index in [-0.39, 0.29) is 35.2 Å². The number of ether oxygens (including phenoxy) is 4. The van der Waals surface area contributed by atoms with Crippen LogP contribution in [0.1, 0.15) is 98.1 Å². The van der Waals surface area contributed by atoms with Gasteiger partial charge in [0.2, 0.25) is 0 Å². The van der Waals surface area contributed by atoms with Crippen LogP contribution < -0.4 is 9.47 Å². The topological polar surface area (TPSA) is 112 Å². The third-order valence-corrected chi connectivity index (χ3v) is 7.02. The highest BCUT2D eigenvalue weighted by molar-refractivity contribution is 5.81. The number of aromatic hydroxyl groups is 2. The highest BCUT2D eigenvalue weighted by Crippen LogP contribution is 2.34. The molecule has 2 aromatic carbocycles. The van der Waals surface area contributed by atoms with Crippen LogP contribution in [0.3, 0.4) is 0 Å². The first kappa shape index (κ1) is 32.9. The summed E-state index contributed by atoms with van der Waals surface area (Å²) in [5, 5.41) is 20.5. The van der Waals surface area contributed by atoms with Crippen molar-refractivity contribution in [2.24, 2.45) is 0 Å². The summed E-state index contributed by atoms with van der Waals surface area (Å²) in [6.45, 7) is 9.37. The largest absolute Gasteiger partial charge is 0.507 e. The molecule has 0 saturated carbocycles. The van der Waals surface area contributed by atoms with Crippen LogP contribution in [-0.2, 0) is 22.3 Å². The summed E-state index contributed by atoms with van der Waals surface area (Å²) in [6, 6.07) is 6.62. The molecule has 8 heteroatoms. The Kier molecular flexibility index (Phi) is 13.1. The lowest BCUT2D eigenvalue weighted by Crippen LogP contribution is -2.25. The van der Waals surface area contributed by atoms with E-state index in [1.165, 1.54) is 0 Å². The number of aldehydes is 2. The van der Waals surface area contributed by atoms with E-state index in [9.17, 15) is 19.8 Å². The van der Waals surface area contributed by atoms with Crippen molar-refractivity contribution < 1.29 is 38.7 Å². The number of phenolic OH excluding ortho intramolecular Hbond substituents is 2. The molecular formula is C34H44O8. The van der Waals surface area contributed by atoms with E-state index in [4.69, 9.17) is 18.9 Å². The number of rotatable bonds is 10. The quantitative estimate of drug-likeness (QED) is 0.224. The van der Waals surface area contributed by atoms with Crippen molar-refractivity contribution in [3.8, 4) is 23.0 Å². The van der Waals surface area contributed by atoms with Gasteiger partial charge in [-0.05, 0) is 90.5 Å². The molecule has 2 unspecified atom stereocenters. The van der Waals surface area contributed by atoms with Gasteiger partial charge in [0.05, 0.1) is 24.3 Å². The first-order valence-electron chi connectivity index (χ1n) is 14.7. The van der Waals surface area contributed by atoms with Crippen molar-refractivity contribution in [1.29, 1.82) is 0 Å². The van der Waals surface area contributed by atoms with Crippen molar-refractivity contribution in [1.82, 2.24) is 0 Å². The predicted molar refractivity (Wildman–Crippen MR) is 162 cm³/mol. The molecule has 2 N–H and O–H groups in total. The van der Waals surface area contributed by atoms with E-state index >= 15 is 0 Å². The van der Waals surface area contributed by atoms with Crippen LogP contribution in [-0.4, -0.2) is 48.6 Å². The van der Waals surface area contributed by atoms with E-state index < -0.39 is 0 Å². The van der Waals surface area contributed by atoms with Gasteiger partial charge in [-0.3, -0.25) is 9.59 Å².